The molecule has 0 bridgehead atoms. The molecule has 0 radical (unpaired) electrons. The van der Waals surface area contributed by atoms with E-state index in [1.807, 2.05) is 6.92 Å². The summed E-state index contributed by atoms with van der Waals surface area (Å²) >= 11 is 1.25. The van der Waals surface area contributed by atoms with Crippen molar-refractivity contribution < 1.29 is 18.7 Å². The SMILES string of the molecule is Cc1nn(-c2ccc(F)cc2)c2sc(C(=O)OCC(=O)N3CCCCC3)cc12. The van der Waals surface area contributed by atoms with E-state index in [1.165, 1.54) is 23.5 Å². The van der Waals surface area contributed by atoms with Crippen LogP contribution in [0.15, 0.2) is 30.3 Å². The average Bonchev–Trinajstić information content (AvgIpc) is 3.28. The van der Waals surface area contributed by atoms with Gasteiger partial charge in [0.05, 0.1) is 11.4 Å². The van der Waals surface area contributed by atoms with Crippen molar-refractivity contribution in [1.82, 2.24) is 14.7 Å². The Bertz CT molecular complexity index is 1020. The zero-order valence-electron chi connectivity index (χ0n) is 15.5. The molecule has 0 N–H and O–H groups in total. The van der Waals surface area contributed by atoms with Gasteiger partial charge in [0.15, 0.2) is 6.61 Å². The van der Waals surface area contributed by atoms with Gasteiger partial charge >= 0.3 is 5.97 Å². The van der Waals surface area contributed by atoms with Crippen LogP contribution in [0, 0.1) is 12.7 Å². The van der Waals surface area contributed by atoms with Gasteiger partial charge in [-0.2, -0.15) is 5.10 Å². The van der Waals surface area contributed by atoms with Crippen molar-refractivity contribution in [3.63, 3.8) is 0 Å². The maximum Gasteiger partial charge on any atom is 0.348 e. The zero-order valence-corrected chi connectivity index (χ0v) is 16.3. The summed E-state index contributed by atoms with van der Waals surface area (Å²) in [7, 11) is 0. The van der Waals surface area contributed by atoms with Gasteiger partial charge in [0.1, 0.15) is 15.5 Å². The fraction of sp³-hybridized carbons (Fsp3) is 0.350. The minimum atomic E-state index is -0.517. The minimum absolute atomic E-state index is 0.150. The molecule has 0 atom stereocenters. The van der Waals surface area contributed by atoms with Crippen molar-refractivity contribution in [1.29, 1.82) is 0 Å². The summed E-state index contributed by atoms with van der Waals surface area (Å²) in [6.45, 7) is 3.07. The first kappa shape index (κ1) is 18.6. The predicted molar refractivity (Wildman–Crippen MR) is 104 cm³/mol. The van der Waals surface area contributed by atoms with E-state index in [9.17, 15) is 14.0 Å². The molecule has 1 fully saturated rings. The molecule has 0 unspecified atom stereocenters. The highest BCUT2D eigenvalue weighted by molar-refractivity contribution is 7.20. The van der Waals surface area contributed by atoms with E-state index in [0.29, 0.717) is 10.6 Å². The maximum atomic E-state index is 13.2. The summed E-state index contributed by atoms with van der Waals surface area (Å²) < 4.78 is 20.1. The number of carbonyl (C=O) groups is 2. The van der Waals surface area contributed by atoms with Crippen LogP contribution in [-0.2, 0) is 9.53 Å². The molecule has 1 amide bonds. The molecule has 4 rings (SSSR count). The van der Waals surface area contributed by atoms with Crippen LogP contribution >= 0.6 is 11.3 Å². The van der Waals surface area contributed by atoms with E-state index in [-0.39, 0.29) is 18.3 Å². The molecule has 28 heavy (non-hydrogen) atoms. The Kier molecular flexibility index (Phi) is 5.13. The molecule has 6 nitrogen and oxygen atoms in total. The largest absolute Gasteiger partial charge is 0.451 e. The average molecular weight is 401 g/mol. The molecule has 0 saturated carbocycles. The lowest BCUT2D eigenvalue weighted by atomic mass is 10.1. The van der Waals surface area contributed by atoms with Crippen molar-refractivity contribution in [2.45, 2.75) is 26.2 Å². The summed E-state index contributed by atoms with van der Waals surface area (Å²) in [5.74, 6) is -0.989. The van der Waals surface area contributed by atoms with Crippen molar-refractivity contribution in [3.05, 3.63) is 46.7 Å². The normalized spacial score (nSPS) is 14.4. The third-order valence-corrected chi connectivity index (χ3v) is 5.94. The van der Waals surface area contributed by atoms with Crippen molar-refractivity contribution in [2.75, 3.05) is 19.7 Å². The third-order valence-electron chi connectivity index (χ3n) is 4.85. The van der Waals surface area contributed by atoms with E-state index in [1.54, 1.807) is 27.8 Å². The molecule has 1 aliphatic rings. The second-order valence-corrected chi connectivity index (χ2v) is 7.85. The molecular formula is C20H20FN3O3S. The van der Waals surface area contributed by atoms with E-state index in [2.05, 4.69) is 5.10 Å². The summed E-state index contributed by atoms with van der Waals surface area (Å²) in [6, 6.07) is 7.74. The Balaban J connectivity index is 1.51. The summed E-state index contributed by atoms with van der Waals surface area (Å²) in [5, 5.41) is 5.31. The van der Waals surface area contributed by atoms with Crippen LogP contribution in [-0.4, -0.2) is 46.3 Å². The van der Waals surface area contributed by atoms with Crippen LogP contribution in [0.1, 0.15) is 34.6 Å². The van der Waals surface area contributed by atoms with E-state index in [0.717, 1.165) is 48.3 Å². The number of ether oxygens (including phenoxy) is 1. The number of amides is 1. The number of benzene rings is 1. The highest BCUT2D eigenvalue weighted by Crippen LogP contribution is 2.30. The van der Waals surface area contributed by atoms with Gasteiger partial charge < -0.3 is 9.64 Å². The van der Waals surface area contributed by atoms with Crippen LogP contribution in [0.3, 0.4) is 0 Å². The Morgan fingerprint density at radius 2 is 1.89 bits per heavy atom. The van der Waals surface area contributed by atoms with E-state index in [4.69, 9.17) is 4.74 Å². The van der Waals surface area contributed by atoms with Gasteiger partial charge in [-0.25, -0.2) is 13.9 Å². The first-order valence-electron chi connectivity index (χ1n) is 9.23. The maximum absolute atomic E-state index is 13.2. The Morgan fingerprint density at radius 1 is 1.18 bits per heavy atom. The third kappa shape index (κ3) is 3.64. The molecule has 3 aromatic rings. The fourth-order valence-corrected chi connectivity index (χ4v) is 4.41. The first-order valence-corrected chi connectivity index (χ1v) is 10.0. The molecule has 3 heterocycles. The van der Waals surface area contributed by atoms with Gasteiger partial charge in [-0.15, -0.1) is 11.3 Å². The van der Waals surface area contributed by atoms with Gasteiger partial charge in [-0.1, -0.05) is 0 Å². The van der Waals surface area contributed by atoms with Gasteiger partial charge in [-0.3, -0.25) is 4.79 Å². The summed E-state index contributed by atoms with van der Waals surface area (Å²) in [5.41, 5.74) is 1.47. The smallest absolute Gasteiger partial charge is 0.348 e. The number of thiophene rings is 1. The molecule has 0 spiro atoms. The van der Waals surface area contributed by atoms with Crippen LogP contribution in [0.5, 0.6) is 0 Å². The molecule has 146 valence electrons. The second kappa shape index (κ2) is 7.71. The highest BCUT2D eigenvalue weighted by Gasteiger charge is 2.21. The highest BCUT2D eigenvalue weighted by atomic mass is 32.1. The van der Waals surface area contributed by atoms with Crippen LogP contribution < -0.4 is 0 Å². The molecule has 1 aliphatic heterocycles. The number of halogens is 1. The van der Waals surface area contributed by atoms with Crippen LogP contribution in [0.4, 0.5) is 4.39 Å². The van der Waals surface area contributed by atoms with Crippen LogP contribution in [0.2, 0.25) is 0 Å². The van der Waals surface area contributed by atoms with Gasteiger partial charge in [0.2, 0.25) is 0 Å². The van der Waals surface area contributed by atoms with Crippen molar-refractivity contribution in [2.24, 2.45) is 0 Å². The van der Waals surface area contributed by atoms with Gasteiger partial charge in [0.25, 0.3) is 5.91 Å². The lowest BCUT2D eigenvalue weighted by Gasteiger charge is -2.26. The topological polar surface area (TPSA) is 64.4 Å². The molecule has 2 aromatic heterocycles. The summed E-state index contributed by atoms with van der Waals surface area (Å²) in [6.07, 6.45) is 3.13. The standard InChI is InChI=1S/C20H20FN3O3S/c1-13-16-11-17(20(26)27-12-18(25)23-9-3-2-4-10-23)28-19(16)24(22-13)15-7-5-14(21)6-8-15/h5-8,11H,2-4,9-10,12H2,1H3. The molecule has 0 aliphatic carbocycles. The quantitative estimate of drug-likeness (QED) is 0.626. The number of hydrogen-bond acceptors (Lipinski definition) is 5. The number of rotatable bonds is 4. The minimum Gasteiger partial charge on any atom is -0.451 e. The predicted octanol–water partition coefficient (Wildman–Crippen LogP) is 3.70. The van der Waals surface area contributed by atoms with E-state index >= 15 is 0 Å². The zero-order chi connectivity index (χ0) is 19.7. The number of hydrogen-bond donors (Lipinski definition) is 0. The van der Waals surface area contributed by atoms with Crippen LogP contribution in [0.25, 0.3) is 15.9 Å². The summed E-state index contributed by atoms with van der Waals surface area (Å²) in [4.78, 5) is 27.6. The van der Waals surface area contributed by atoms with Gasteiger partial charge in [-0.05, 0) is 56.5 Å². The second-order valence-electron chi connectivity index (χ2n) is 6.82. The van der Waals surface area contributed by atoms with Crippen molar-refractivity contribution in [3.8, 4) is 5.69 Å². The molecule has 8 heteroatoms. The molecule has 1 saturated heterocycles. The van der Waals surface area contributed by atoms with E-state index < -0.39 is 5.97 Å². The van der Waals surface area contributed by atoms with Crippen molar-refractivity contribution >= 4 is 33.4 Å². The number of nitrogens with zero attached hydrogens (tertiary/aromatic N) is 3. The number of fused-ring (bicyclic) bond motifs is 1. The lowest BCUT2D eigenvalue weighted by molar-refractivity contribution is -0.135. The monoisotopic (exact) mass is 401 g/mol. The molecule has 1 aromatic carbocycles. The van der Waals surface area contributed by atoms with Gasteiger partial charge in [0, 0.05) is 18.5 Å². The number of aromatic nitrogens is 2. The number of likely N-dealkylation sites (tertiary alicyclic amines) is 1. The Hall–Kier alpha value is -2.74. The Labute approximate surface area is 165 Å². The number of esters is 1. The Morgan fingerprint density at radius 3 is 2.61 bits per heavy atom. The first-order chi connectivity index (χ1) is 13.5. The molecular weight excluding hydrogens is 381 g/mol. The number of piperidine rings is 1. The lowest BCUT2D eigenvalue weighted by Crippen LogP contribution is -2.38. The number of carbonyl (C=O) groups excluding carboxylic acids is 2. The number of aryl methyl sites for hydroxylation is 1. The fourth-order valence-electron chi connectivity index (χ4n) is 3.34.